The Kier molecular flexibility index (Phi) is 19.1. The molecule has 0 spiro atoms. The van der Waals surface area contributed by atoms with Crippen molar-refractivity contribution >= 4 is 8.80 Å². The van der Waals surface area contributed by atoms with Crippen LogP contribution in [-0.2, 0) is 13.3 Å². The first-order valence-electron chi connectivity index (χ1n) is 8.28. The van der Waals surface area contributed by atoms with Crippen molar-refractivity contribution in [3.05, 3.63) is 0 Å². The monoisotopic (exact) mass is 307 g/mol. The summed E-state index contributed by atoms with van der Waals surface area (Å²) >= 11 is 0. The number of hydrogen-bond donors (Lipinski definition) is 1. The Labute approximate surface area is 127 Å². The average molecular weight is 308 g/mol. The van der Waals surface area contributed by atoms with E-state index in [2.05, 4.69) is 26.1 Å². The zero-order chi connectivity index (χ0) is 15.7. The molecule has 0 fully saturated rings. The third-order valence-electron chi connectivity index (χ3n) is 2.50. The van der Waals surface area contributed by atoms with Gasteiger partial charge in [0.2, 0.25) is 0 Å². The van der Waals surface area contributed by atoms with Crippen LogP contribution in [0.5, 0.6) is 0 Å². The SMILES string of the molecule is CCCNCCC.CCC[Si](OCC)(OCC)OCC. The van der Waals surface area contributed by atoms with E-state index in [9.17, 15) is 0 Å². The van der Waals surface area contributed by atoms with Crippen molar-refractivity contribution in [1.29, 1.82) is 0 Å². The standard InChI is InChI=1S/C9H22O3Si.C6H15N/c1-5-9-13(10-6-2,11-7-3)12-8-4;1-3-5-7-6-4-2/h5-9H2,1-4H3;7H,3-6H2,1-2H3. The summed E-state index contributed by atoms with van der Waals surface area (Å²) in [7, 11) is -2.30. The number of hydrogen-bond acceptors (Lipinski definition) is 4. The van der Waals surface area contributed by atoms with Crippen molar-refractivity contribution in [3.63, 3.8) is 0 Å². The fraction of sp³-hybridized carbons (Fsp3) is 1.00. The van der Waals surface area contributed by atoms with Gasteiger partial charge < -0.3 is 18.6 Å². The van der Waals surface area contributed by atoms with E-state index in [0.29, 0.717) is 19.8 Å². The van der Waals surface area contributed by atoms with Crippen molar-refractivity contribution in [2.24, 2.45) is 0 Å². The molecule has 0 unspecified atom stereocenters. The van der Waals surface area contributed by atoms with Gasteiger partial charge in [0.1, 0.15) is 0 Å². The van der Waals surface area contributed by atoms with Crippen LogP contribution in [0.1, 0.15) is 60.8 Å². The van der Waals surface area contributed by atoms with E-state index in [1.165, 1.54) is 25.9 Å². The summed E-state index contributed by atoms with van der Waals surface area (Å²) in [5.74, 6) is 0. The molecule has 0 rings (SSSR count). The van der Waals surface area contributed by atoms with E-state index in [-0.39, 0.29) is 0 Å². The van der Waals surface area contributed by atoms with Crippen molar-refractivity contribution in [2.75, 3.05) is 32.9 Å². The third-order valence-corrected chi connectivity index (χ3v) is 5.80. The summed E-state index contributed by atoms with van der Waals surface area (Å²) < 4.78 is 16.9. The van der Waals surface area contributed by atoms with Crippen molar-refractivity contribution in [3.8, 4) is 0 Å². The summed E-state index contributed by atoms with van der Waals surface area (Å²) in [6, 6.07) is 0.919. The topological polar surface area (TPSA) is 39.7 Å². The Morgan fingerprint density at radius 1 is 0.650 bits per heavy atom. The fourth-order valence-corrected chi connectivity index (χ4v) is 4.40. The second-order valence-corrected chi connectivity index (χ2v) is 7.21. The highest BCUT2D eigenvalue weighted by Gasteiger charge is 2.38. The molecule has 0 saturated carbocycles. The van der Waals surface area contributed by atoms with Gasteiger partial charge in [-0.1, -0.05) is 27.2 Å². The lowest BCUT2D eigenvalue weighted by molar-refractivity contribution is 0.0712. The van der Waals surface area contributed by atoms with E-state index >= 15 is 0 Å². The summed E-state index contributed by atoms with van der Waals surface area (Å²) in [5.41, 5.74) is 0. The number of rotatable bonds is 12. The van der Waals surface area contributed by atoms with E-state index < -0.39 is 8.80 Å². The lowest BCUT2D eigenvalue weighted by Crippen LogP contribution is -2.45. The minimum atomic E-state index is -2.30. The minimum absolute atomic E-state index is 0.673. The van der Waals surface area contributed by atoms with E-state index in [0.717, 1.165) is 12.5 Å². The molecule has 0 amide bonds. The molecule has 20 heavy (non-hydrogen) atoms. The van der Waals surface area contributed by atoms with Crippen LogP contribution in [0.25, 0.3) is 0 Å². The molecule has 0 aliphatic heterocycles. The van der Waals surface area contributed by atoms with E-state index in [1.54, 1.807) is 0 Å². The van der Waals surface area contributed by atoms with Gasteiger partial charge in [-0.15, -0.1) is 0 Å². The van der Waals surface area contributed by atoms with Crippen LogP contribution in [0, 0.1) is 0 Å². The Morgan fingerprint density at radius 3 is 1.30 bits per heavy atom. The molecule has 0 heterocycles. The van der Waals surface area contributed by atoms with Crippen LogP contribution in [0.3, 0.4) is 0 Å². The summed E-state index contributed by atoms with van der Waals surface area (Å²) in [5, 5.41) is 3.28. The normalized spacial score (nSPS) is 11.1. The van der Waals surface area contributed by atoms with Gasteiger partial charge in [-0.2, -0.15) is 0 Å². The summed E-state index contributed by atoms with van der Waals surface area (Å²) in [6.45, 7) is 16.8. The molecule has 0 aromatic rings. The van der Waals surface area contributed by atoms with Gasteiger partial charge in [0.25, 0.3) is 0 Å². The summed E-state index contributed by atoms with van der Waals surface area (Å²) in [6.07, 6.45) is 3.55. The Balaban J connectivity index is 0. The zero-order valence-electron chi connectivity index (χ0n) is 14.6. The molecular weight excluding hydrogens is 270 g/mol. The molecule has 0 atom stereocenters. The predicted octanol–water partition coefficient (Wildman–Crippen LogP) is 3.84. The van der Waals surface area contributed by atoms with Gasteiger partial charge in [0, 0.05) is 25.9 Å². The maximum absolute atomic E-state index is 5.65. The predicted molar refractivity (Wildman–Crippen MR) is 89.2 cm³/mol. The van der Waals surface area contributed by atoms with Crippen molar-refractivity contribution in [2.45, 2.75) is 66.8 Å². The minimum Gasteiger partial charge on any atom is -0.374 e. The highest BCUT2D eigenvalue weighted by atomic mass is 28.4. The van der Waals surface area contributed by atoms with Crippen LogP contribution in [0.2, 0.25) is 6.04 Å². The van der Waals surface area contributed by atoms with Gasteiger partial charge in [0.15, 0.2) is 0 Å². The van der Waals surface area contributed by atoms with Gasteiger partial charge in [-0.3, -0.25) is 0 Å². The van der Waals surface area contributed by atoms with Crippen LogP contribution in [0.15, 0.2) is 0 Å². The lowest BCUT2D eigenvalue weighted by atomic mass is 10.4. The van der Waals surface area contributed by atoms with E-state index in [4.69, 9.17) is 13.3 Å². The lowest BCUT2D eigenvalue weighted by Gasteiger charge is -2.27. The molecule has 0 aromatic carbocycles. The van der Waals surface area contributed by atoms with Crippen LogP contribution < -0.4 is 5.32 Å². The first-order valence-corrected chi connectivity index (χ1v) is 10.2. The second-order valence-electron chi connectivity index (χ2n) is 4.48. The molecule has 4 nitrogen and oxygen atoms in total. The molecule has 1 N–H and O–H groups in total. The zero-order valence-corrected chi connectivity index (χ0v) is 15.6. The van der Waals surface area contributed by atoms with Gasteiger partial charge in [-0.05, 0) is 46.7 Å². The molecule has 0 bridgehead atoms. The maximum atomic E-state index is 5.65. The molecular formula is C15H37NO3Si. The molecule has 0 aliphatic carbocycles. The van der Waals surface area contributed by atoms with Crippen molar-refractivity contribution in [1.82, 2.24) is 5.32 Å². The van der Waals surface area contributed by atoms with Crippen molar-refractivity contribution < 1.29 is 13.3 Å². The molecule has 5 heteroatoms. The van der Waals surface area contributed by atoms with Crippen LogP contribution >= 0.6 is 0 Å². The molecule has 124 valence electrons. The first-order chi connectivity index (χ1) is 9.66. The van der Waals surface area contributed by atoms with Crippen LogP contribution in [0.4, 0.5) is 0 Å². The molecule has 0 radical (unpaired) electrons. The largest absolute Gasteiger partial charge is 0.500 e. The molecule has 0 aliphatic rings. The van der Waals surface area contributed by atoms with Gasteiger partial charge >= 0.3 is 8.80 Å². The summed E-state index contributed by atoms with van der Waals surface area (Å²) in [4.78, 5) is 0. The second kappa shape index (κ2) is 17.1. The highest BCUT2D eigenvalue weighted by molar-refractivity contribution is 6.60. The Bertz CT molecular complexity index is 149. The van der Waals surface area contributed by atoms with Crippen LogP contribution in [-0.4, -0.2) is 41.7 Å². The maximum Gasteiger partial charge on any atom is 0.500 e. The molecule has 0 saturated heterocycles. The number of nitrogens with one attached hydrogen (secondary N) is 1. The highest BCUT2D eigenvalue weighted by Crippen LogP contribution is 2.17. The third kappa shape index (κ3) is 13.1. The van der Waals surface area contributed by atoms with Gasteiger partial charge in [0.05, 0.1) is 0 Å². The Morgan fingerprint density at radius 2 is 1.05 bits per heavy atom. The first kappa shape index (κ1) is 22.3. The Hall–Kier alpha value is 0.0569. The quantitative estimate of drug-likeness (QED) is 0.439. The molecule has 0 aromatic heterocycles. The van der Waals surface area contributed by atoms with Gasteiger partial charge in [-0.25, -0.2) is 0 Å². The van der Waals surface area contributed by atoms with E-state index in [1.807, 2.05) is 20.8 Å². The average Bonchev–Trinajstić information content (AvgIpc) is 2.41. The smallest absolute Gasteiger partial charge is 0.374 e. The fourth-order valence-electron chi connectivity index (χ4n) is 1.79.